The molecule has 0 spiro atoms. The fourth-order valence-electron chi connectivity index (χ4n) is 1.18. The highest BCUT2D eigenvalue weighted by molar-refractivity contribution is 7.17. The molecule has 0 aliphatic heterocycles. The van der Waals surface area contributed by atoms with Gasteiger partial charge in [-0.25, -0.2) is 0 Å². The molecule has 0 bridgehead atoms. The molecule has 0 atom stereocenters. The minimum Gasteiger partial charge on any atom is -0.260 e. The zero-order valence-corrected chi connectivity index (χ0v) is 11.4. The van der Waals surface area contributed by atoms with Crippen molar-refractivity contribution >= 4 is 21.4 Å². The largest absolute Gasteiger partial charge is 0.260 e. The summed E-state index contributed by atoms with van der Waals surface area (Å²) in [6, 6.07) is 2.16. The Hall–Kier alpha value is -0.890. The van der Waals surface area contributed by atoms with Crippen LogP contribution in [0.3, 0.4) is 0 Å². The van der Waals surface area contributed by atoms with Crippen LogP contribution in [-0.4, -0.2) is 4.98 Å². The van der Waals surface area contributed by atoms with Gasteiger partial charge in [-0.1, -0.05) is 27.7 Å². The predicted molar refractivity (Wildman–Crippen MR) is 71.8 cm³/mol. The molecule has 0 radical (unpaired) electrons. The van der Waals surface area contributed by atoms with Crippen LogP contribution in [0.1, 0.15) is 39.0 Å². The van der Waals surface area contributed by atoms with Gasteiger partial charge in [-0.05, 0) is 36.2 Å². The second-order valence-electron chi connectivity index (χ2n) is 2.67. The number of thiophene rings is 1. The third-order valence-electron chi connectivity index (χ3n) is 2.02. The van der Waals surface area contributed by atoms with Crippen LogP contribution < -0.4 is 0 Å². The molecule has 15 heavy (non-hydrogen) atoms. The molecule has 0 N–H and O–H groups in total. The lowest BCUT2D eigenvalue weighted by Crippen LogP contribution is -1.84. The van der Waals surface area contributed by atoms with Crippen molar-refractivity contribution in [2.24, 2.45) is 0 Å². The molecule has 0 aromatic carbocycles. The number of fused-ring (bicyclic) bond motifs is 1. The number of rotatable bonds is 0. The molecule has 1 nitrogen and oxygen atoms in total. The summed E-state index contributed by atoms with van der Waals surface area (Å²) < 4.78 is 1.29. The smallest absolute Gasteiger partial charge is 0.0528 e. The fraction of sp³-hybridized carbons (Fsp3) is 0.462. The first-order chi connectivity index (χ1) is 7.29. The van der Waals surface area contributed by atoms with Crippen molar-refractivity contribution in [2.75, 3.05) is 0 Å². The maximum absolute atomic E-state index is 4.29. The van der Waals surface area contributed by atoms with Crippen LogP contribution in [0.4, 0.5) is 0 Å². The molecule has 0 aliphatic carbocycles. The second-order valence-corrected chi connectivity index (χ2v) is 3.61. The van der Waals surface area contributed by atoms with Gasteiger partial charge in [-0.15, -0.1) is 11.3 Å². The van der Waals surface area contributed by atoms with Crippen LogP contribution in [0.15, 0.2) is 17.6 Å². The summed E-state index contributed by atoms with van der Waals surface area (Å²) in [5, 5.41) is 3.46. The van der Waals surface area contributed by atoms with Crippen molar-refractivity contribution in [2.45, 2.75) is 41.5 Å². The van der Waals surface area contributed by atoms with Crippen LogP contribution in [0.25, 0.3) is 10.1 Å². The topological polar surface area (TPSA) is 12.9 Å². The molecule has 2 aromatic heterocycles. The summed E-state index contributed by atoms with van der Waals surface area (Å²) in [4.78, 5) is 4.29. The van der Waals surface area contributed by atoms with Gasteiger partial charge in [0.2, 0.25) is 0 Å². The van der Waals surface area contributed by atoms with Gasteiger partial charge in [0.15, 0.2) is 0 Å². The lowest BCUT2D eigenvalue weighted by atomic mass is 10.1. The maximum atomic E-state index is 4.29. The van der Waals surface area contributed by atoms with Gasteiger partial charge in [0.25, 0.3) is 0 Å². The molecular weight excluding hydrogens is 202 g/mol. The fourth-order valence-corrected chi connectivity index (χ4v) is 1.99. The Morgan fingerprint density at radius 1 is 1.07 bits per heavy atom. The standard InChI is InChI=1S/C9H9NS.2C2H6/c1-6-7(2)10-5-9-8(6)3-4-11-9;2*1-2/h3-5H,1-2H3;2*1-2H3. The molecule has 0 saturated carbocycles. The molecule has 2 aromatic rings. The first-order valence-corrected chi connectivity index (χ1v) is 6.46. The number of pyridine rings is 1. The van der Waals surface area contributed by atoms with Crippen LogP contribution in [0, 0.1) is 13.8 Å². The van der Waals surface area contributed by atoms with Crippen molar-refractivity contribution in [1.82, 2.24) is 4.98 Å². The van der Waals surface area contributed by atoms with Gasteiger partial charge in [0.05, 0.1) is 4.70 Å². The van der Waals surface area contributed by atoms with E-state index in [0.717, 1.165) is 5.69 Å². The van der Waals surface area contributed by atoms with Gasteiger partial charge in [-0.3, -0.25) is 4.98 Å². The lowest BCUT2D eigenvalue weighted by Gasteiger charge is -1.98. The van der Waals surface area contributed by atoms with E-state index in [0.29, 0.717) is 0 Å². The lowest BCUT2D eigenvalue weighted by molar-refractivity contribution is 1.18. The van der Waals surface area contributed by atoms with Crippen LogP contribution in [0.5, 0.6) is 0 Å². The Balaban J connectivity index is 0.000000442. The predicted octanol–water partition coefficient (Wildman–Crippen LogP) is 4.97. The average molecular weight is 223 g/mol. The molecule has 2 heteroatoms. The molecule has 2 rings (SSSR count). The average Bonchev–Trinajstić information content (AvgIpc) is 2.78. The molecular formula is C13H21NS. The third kappa shape index (κ3) is 3.31. The Kier molecular flexibility index (Phi) is 6.97. The molecule has 0 amide bonds. The minimum atomic E-state index is 1.14. The van der Waals surface area contributed by atoms with Crippen molar-refractivity contribution in [1.29, 1.82) is 0 Å². The first-order valence-electron chi connectivity index (χ1n) is 5.58. The van der Waals surface area contributed by atoms with E-state index in [4.69, 9.17) is 0 Å². The Labute approximate surface area is 97.2 Å². The third-order valence-corrected chi connectivity index (χ3v) is 2.87. The van der Waals surface area contributed by atoms with Gasteiger partial charge in [-0.2, -0.15) is 0 Å². The minimum absolute atomic E-state index is 1.14. The molecule has 0 unspecified atom stereocenters. The number of nitrogens with zero attached hydrogens (tertiary/aromatic N) is 1. The van der Waals surface area contributed by atoms with E-state index < -0.39 is 0 Å². The summed E-state index contributed by atoms with van der Waals surface area (Å²) >= 11 is 1.75. The van der Waals surface area contributed by atoms with Crippen molar-refractivity contribution in [3.8, 4) is 0 Å². The normalized spacial score (nSPS) is 8.67. The van der Waals surface area contributed by atoms with E-state index in [1.54, 1.807) is 11.3 Å². The monoisotopic (exact) mass is 223 g/mol. The summed E-state index contributed by atoms with van der Waals surface area (Å²) in [5.41, 5.74) is 2.44. The van der Waals surface area contributed by atoms with Crippen molar-refractivity contribution in [3.05, 3.63) is 28.9 Å². The van der Waals surface area contributed by atoms with E-state index in [9.17, 15) is 0 Å². The van der Waals surface area contributed by atoms with Crippen molar-refractivity contribution in [3.63, 3.8) is 0 Å². The Morgan fingerprint density at radius 3 is 2.27 bits per heavy atom. The Bertz CT molecular complexity index is 390. The van der Waals surface area contributed by atoms with E-state index in [1.165, 1.54) is 15.6 Å². The quantitative estimate of drug-likeness (QED) is 0.614. The van der Waals surface area contributed by atoms with Crippen LogP contribution in [-0.2, 0) is 0 Å². The summed E-state index contributed by atoms with van der Waals surface area (Å²) in [5.74, 6) is 0. The molecule has 2 heterocycles. The van der Waals surface area contributed by atoms with E-state index in [1.807, 2.05) is 40.8 Å². The molecule has 0 aliphatic rings. The van der Waals surface area contributed by atoms with Gasteiger partial charge in [0, 0.05) is 11.9 Å². The van der Waals surface area contributed by atoms with E-state index in [-0.39, 0.29) is 0 Å². The van der Waals surface area contributed by atoms with Crippen molar-refractivity contribution < 1.29 is 0 Å². The Morgan fingerprint density at radius 2 is 1.67 bits per heavy atom. The van der Waals surface area contributed by atoms with Gasteiger partial charge < -0.3 is 0 Å². The highest BCUT2D eigenvalue weighted by Crippen LogP contribution is 2.23. The number of aryl methyl sites for hydroxylation is 2. The zero-order valence-electron chi connectivity index (χ0n) is 10.6. The van der Waals surface area contributed by atoms with E-state index in [2.05, 4.69) is 23.4 Å². The van der Waals surface area contributed by atoms with Gasteiger partial charge in [0.1, 0.15) is 0 Å². The van der Waals surface area contributed by atoms with Gasteiger partial charge >= 0.3 is 0 Å². The molecule has 0 fully saturated rings. The SMILES string of the molecule is CC.CC.Cc1ncc2sccc2c1C. The highest BCUT2D eigenvalue weighted by Gasteiger charge is 2.00. The highest BCUT2D eigenvalue weighted by atomic mass is 32.1. The maximum Gasteiger partial charge on any atom is 0.0528 e. The summed E-state index contributed by atoms with van der Waals surface area (Å²) in [6.07, 6.45) is 1.95. The molecule has 0 saturated heterocycles. The number of aromatic nitrogens is 1. The summed E-state index contributed by atoms with van der Waals surface area (Å²) in [7, 11) is 0. The van der Waals surface area contributed by atoms with Crippen LogP contribution >= 0.6 is 11.3 Å². The number of hydrogen-bond acceptors (Lipinski definition) is 2. The first kappa shape index (κ1) is 14.1. The van der Waals surface area contributed by atoms with E-state index >= 15 is 0 Å². The molecule has 84 valence electrons. The number of hydrogen-bond donors (Lipinski definition) is 0. The van der Waals surface area contributed by atoms with Crippen LogP contribution in [0.2, 0.25) is 0 Å². The summed E-state index contributed by atoms with van der Waals surface area (Å²) in [6.45, 7) is 12.2. The zero-order chi connectivity index (χ0) is 11.8. The second kappa shape index (κ2) is 7.41.